The number of hydrogen-bond acceptors (Lipinski definition) is 5. The molecule has 0 unspecified atom stereocenters. The van der Waals surface area contributed by atoms with Gasteiger partial charge in [0.05, 0.1) is 11.3 Å². The maximum absolute atomic E-state index is 12.3. The fourth-order valence-corrected chi connectivity index (χ4v) is 3.04. The van der Waals surface area contributed by atoms with Crippen molar-refractivity contribution in [2.45, 2.75) is 20.5 Å². The van der Waals surface area contributed by atoms with Gasteiger partial charge in [0.15, 0.2) is 5.58 Å². The number of aromatic nitrogens is 3. The minimum atomic E-state index is -0.414. The van der Waals surface area contributed by atoms with Crippen molar-refractivity contribution in [3.63, 3.8) is 0 Å². The Hall–Kier alpha value is -3.41. The largest absolute Gasteiger partial charge is 0.456 e. The number of hydrogen-bond donors (Lipinski definition) is 0. The van der Waals surface area contributed by atoms with E-state index in [4.69, 9.17) is 9.15 Å². The predicted octanol–water partition coefficient (Wildman–Crippen LogP) is 4.20. The summed E-state index contributed by atoms with van der Waals surface area (Å²) in [5, 5.41) is 4.05. The molecule has 6 nitrogen and oxygen atoms in total. The molecule has 0 atom stereocenters. The molecule has 0 radical (unpaired) electrons. The van der Waals surface area contributed by atoms with Gasteiger partial charge in [0, 0.05) is 18.8 Å². The van der Waals surface area contributed by atoms with Crippen LogP contribution in [0.3, 0.4) is 0 Å². The standard InChI is InChI=1S/C21H19N3O3/c1-13-8-14(2)10-16(9-13)20-23-18-5-4-15(11-19(18)27-20)21(25)26-12-17-6-7-22-24(17)3/h4-11H,12H2,1-3H3. The van der Waals surface area contributed by atoms with Crippen molar-refractivity contribution in [3.8, 4) is 11.5 Å². The highest BCUT2D eigenvalue weighted by Crippen LogP contribution is 2.26. The minimum absolute atomic E-state index is 0.164. The Bertz CT molecular complexity index is 1120. The van der Waals surface area contributed by atoms with Crippen molar-refractivity contribution in [3.05, 3.63) is 71.0 Å². The molecule has 0 aliphatic rings. The second-order valence-corrected chi connectivity index (χ2v) is 6.60. The summed E-state index contributed by atoms with van der Waals surface area (Å²) in [6.45, 7) is 4.24. The minimum Gasteiger partial charge on any atom is -0.456 e. The van der Waals surface area contributed by atoms with Crippen LogP contribution in [0.25, 0.3) is 22.6 Å². The zero-order chi connectivity index (χ0) is 19.0. The summed E-state index contributed by atoms with van der Waals surface area (Å²) >= 11 is 0. The van der Waals surface area contributed by atoms with E-state index in [0.29, 0.717) is 22.6 Å². The number of carbonyl (C=O) groups excluding carboxylic acids is 1. The van der Waals surface area contributed by atoms with Crippen molar-refractivity contribution >= 4 is 17.1 Å². The van der Waals surface area contributed by atoms with Crippen molar-refractivity contribution in [1.29, 1.82) is 0 Å². The lowest BCUT2D eigenvalue weighted by molar-refractivity contribution is 0.0463. The molecule has 0 spiro atoms. The van der Waals surface area contributed by atoms with Crippen molar-refractivity contribution in [2.75, 3.05) is 0 Å². The molecule has 2 heterocycles. The van der Waals surface area contributed by atoms with E-state index in [1.807, 2.05) is 32.0 Å². The van der Waals surface area contributed by atoms with Gasteiger partial charge in [-0.3, -0.25) is 4.68 Å². The molecular weight excluding hydrogens is 342 g/mol. The number of oxazole rings is 1. The normalized spacial score (nSPS) is 11.1. The van der Waals surface area contributed by atoms with Crippen molar-refractivity contribution in [2.24, 2.45) is 7.05 Å². The highest BCUT2D eigenvalue weighted by atomic mass is 16.5. The van der Waals surface area contributed by atoms with Crippen LogP contribution in [-0.2, 0) is 18.4 Å². The van der Waals surface area contributed by atoms with Crippen LogP contribution in [0.2, 0.25) is 0 Å². The topological polar surface area (TPSA) is 70.2 Å². The Kier molecular flexibility index (Phi) is 4.24. The van der Waals surface area contributed by atoms with Gasteiger partial charge in [-0.05, 0) is 50.2 Å². The van der Waals surface area contributed by atoms with Crippen LogP contribution in [0.15, 0.2) is 53.1 Å². The molecule has 27 heavy (non-hydrogen) atoms. The van der Waals surface area contributed by atoms with Gasteiger partial charge in [0.25, 0.3) is 0 Å². The molecule has 2 aromatic carbocycles. The quantitative estimate of drug-likeness (QED) is 0.510. The SMILES string of the molecule is Cc1cc(C)cc(-c2nc3ccc(C(=O)OCc4ccnn4C)cc3o2)c1. The van der Waals surface area contributed by atoms with Crippen LogP contribution in [0.4, 0.5) is 0 Å². The first-order chi connectivity index (χ1) is 13.0. The second kappa shape index (κ2) is 6.72. The summed E-state index contributed by atoms with van der Waals surface area (Å²) in [5.41, 5.74) is 5.71. The number of benzene rings is 2. The van der Waals surface area contributed by atoms with Gasteiger partial charge in [-0.15, -0.1) is 0 Å². The van der Waals surface area contributed by atoms with E-state index in [9.17, 15) is 4.79 Å². The Morgan fingerprint density at radius 2 is 1.89 bits per heavy atom. The van der Waals surface area contributed by atoms with Crippen molar-refractivity contribution in [1.82, 2.24) is 14.8 Å². The first-order valence-corrected chi connectivity index (χ1v) is 8.63. The third-order valence-electron chi connectivity index (χ3n) is 4.37. The predicted molar refractivity (Wildman–Crippen MR) is 101 cm³/mol. The van der Waals surface area contributed by atoms with Gasteiger partial charge >= 0.3 is 5.97 Å². The molecular formula is C21H19N3O3. The number of carbonyl (C=O) groups is 1. The lowest BCUT2D eigenvalue weighted by Crippen LogP contribution is -2.07. The lowest BCUT2D eigenvalue weighted by atomic mass is 10.1. The number of rotatable bonds is 4. The number of fused-ring (bicyclic) bond motifs is 1. The van der Waals surface area contributed by atoms with E-state index < -0.39 is 5.97 Å². The zero-order valence-corrected chi connectivity index (χ0v) is 15.4. The van der Waals surface area contributed by atoms with Gasteiger partial charge in [-0.2, -0.15) is 5.10 Å². The van der Waals surface area contributed by atoms with Gasteiger partial charge in [0.2, 0.25) is 5.89 Å². The molecule has 0 amide bonds. The van der Waals surface area contributed by atoms with Gasteiger partial charge in [-0.1, -0.05) is 17.2 Å². The van der Waals surface area contributed by atoms with Crippen LogP contribution in [-0.4, -0.2) is 20.7 Å². The first kappa shape index (κ1) is 17.0. The molecule has 136 valence electrons. The highest BCUT2D eigenvalue weighted by molar-refractivity contribution is 5.93. The van der Waals surface area contributed by atoms with Crippen LogP contribution < -0.4 is 0 Å². The van der Waals surface area contributed by atoms with E-state index in [0.717, 1.165) is 22.4 Å². The van der Waals surface area contributed by atoms with Crippen LogP contribution in [0.5, 0.6) is 0 Å². The molecule has 0 aliphatic heterocycles. The summed E-state index contributed by atoms with van der Waals surface area (Å²) in [4.78, 5) is 16.9. The molecule has 0 saturated heterocycles. The van der Waals surface area contributed by atoms with Crippen LogP contribution >= 0.6 is 0 Å². The fourth-order valence-electron chi connectivity index (χ4n) is 3.04. The third-order valence-corrected chi connectivity index (χ3v) is 4.37. The van der Waals surface area contributed by atoms with Gasteiger partial charge in [0.1, 0.15) is 12.1 Å². The average molecular weight is 361 g/mol. The Morgan fingerprint density at radius 3 is 2.59 bits per heavy atom. The maximum atomic E-state index is 12.3. The molecule has 0 N–H and O–H groups in total. The monoisotopic (exact) mass is 361 g/mol. The number of esters is 1. The van der Waals surface area contributed by atoms with Gasteiger partial charge in [-0.25, -0.2) is 9.78 Å². The summed E-state index contributed by atoms with van der Waals surface area (Å²) in [6, 6.07) is 13.1. The number of ether oxygens (including phenoxy) is 1. The third kappa shape index (κ3) is 3.46. The van der Waals surface area contributed by atoms with Gasteiger partial charge < -0.3 is 9.15 Å². The molecule has 4 rings (SSSR count). The fraction of sp³-hybridized carbons (Fsp3) is 0.190. The average Bonchev–Trinajstić information content (AvgIpc) is 3.24. The van der Waals surface area contributed by atoms with E-state index in [-0.39, 0.29) is 6.61 Å². The lowest BCUT2D eigenvalue weighted by Gasteiger charge is -2.05. The molecule has 0 aliphatic carbocycles. The smallest absolute Gasteiger partial charge is 0.338 e. The molecule has 4 aromatic rings. The number of aryl methyl sites for hydroxylation is 3. The molecule has 6 heteroatoms. The molecule has 0 saturated carbocycles. The second-order valence-electron chi connectivity index (χ2n) is 6.60. The summed E-state index contributed by atoms with van der Waals surface area (Å²) in [6.07, 6.45) is 1.66. The van der Waals surface area contributed by atoms with E-state index in [2.05, 4.69) is 16.1 Å². The highest BCUT2D eigenvalue weighted by Gasteiger charge is 2.14. The van der Waals surface area contributed by atoms with E-state index in [1.165, 1.54) is 0 Å². The summed E-state index contributed by atoms with van der Waals surface area (Å²) in [5.74, 6) is 0.125. The zero-order valence-electron chi connectivity index (χ0n) is 15.4. The van der Waals surface area contributed by atoms with E-state index >= 15 is 0 Å². The Morgan fingerprint density at radius 1 is 1.11 bits per heavy atom. The van der Waals surface area contributed by atoms with Crippen molar-refractivity contribution < 1.29 is 13.9 Å². The Labute approximate surface area is 156 Å². The Balaban J connectivity index is 1.58. The van der Waals surface area contributed by atoms with E-state index in [1.54, 1.807) is 36.1 Å². The summed E-state index contributed by atoms with van der Waals surface area (Å²) < 4.78 is 12.9. The molecule has 0 fully saturated rings. The van der Waals surface area contributed by atoms with Crippen LogP contribution in [0, 0.1) is 13.8 Å². The molecule has 2 aromatic heterocycles. The molecule has 0 bridgehead atoms. The first-order valence-electron chi connectivity index (χ1n) is 8.63. The van der Waals surface area contributed by atoms with Crippen LogP contribution in [0.1, 0.15) is 27.2 Å². The maximum Gasteiger partial charge on any atom is 0.338 e. The number of nitrogens with zero attached hydrogens (tertiary/aromatic N) is 3. The summed E-state index contributed by atoms with van der Waals surface area (Å²) in [7, 11) is 1.80.